The number of carbonyl (C=O) groups is 1. The molecule has 2 aromatic carbocycles. The van der Waals surface area contributed by atoms with Gasteiger partial charge in [0.1, 0.15) is 5.82 Å². The van der Waals surface area contributed by atoms with E-state index in [9.17, 15) is 18.0 Å². The summed E-state index contributed by atoms with van der Waals surface area (Å²) in [6, 6.07) is 10.4. The zero-order chi connectivity index (χ0) is 21.7. The molecule has 0 radical (unpaired) electrons. The van der Waals surface area contributed by atoms with Crippen molar-refractivity contribution in [3.05, 3.63) is 71.0 Å². The third-order valence-corrected chi connectivity index (χ3v) is 5.65. The van der Waals surface area contributed by atoms with E-state index in [0.29, 0.717) is 44.9 Å². The standard InChI is InChI=1S/C23H27F3N2O2/c1-16(29)28(8-9-30-2)14-19-13-27(12-17-6-7-22(25)23(26)10-17)15-21(19)18-4-3-5-20(24)11-18/h3-7,10-11,19,21H,8-9,12-15H2,1-2H3. The number of hydrogen-bond acceptors (Lipinski definition) is 3. The van der Waals surface area contributed by atoms with Crippen LogP contribution in [0.5, 0.6) is 0 Å². The molecule has 1 aliphatic rings. The molecule has 2 aromatic rings. The number of amides is 1. The van der Waals surface area contributed by atoms with E-state index in [4.69, 9.17) is 4.74 Å². The summed E-state index contributed by atoms with van der Waals surface area (Å²) < 4.78 is 45.8. The largest absolute Gasteiger partial charge is 0.383 e. The third-order valence-electron chi connectivity index (χ3n) is 5.65. The average molecular weight is 420 g/mol. The van der Waals surface area contributed by atoms with Crippen LogP contribution in [0.4, 0.5) is 13.2 Å². The van der Waals surface area contributed by atoms with Crippen LogP contribution in [-0.4, -0.2) is 55.6 Å². The molecule has 0 N–H and O–H groups in total. The highest BCUT2D eigenvalue weighted by Gasteiger charge is 2.35. The first-order valence-corrected chi connectivity index (χ1v) is 10.0. The Hall–Kier alpha value is -2.38. The minimum Gasteiger partial charge on any atom is -0.383 e. The van der Waals surface area contributed by atoms with Crippen LogP contribution in [0.1, 0.15) is 24.0 Å². The lowest BCUT2D eigenvalue weighted by molar-refractivity contribution is -0.130. The molecule has 0 aliphatic carbocycles. The minimum atomic E-state index is -0.870. The molecule has 30 heavy (non-hydrogen) atoms. The lowest BCUT2D eigenvalue weighted by atomic mass is 9.88. The Morgan fingerprint density at radius 2 is 1.93 bits per heavy atom. The Bertz CT molecular complexity index is 877. The van der Waals surface area contributed by atoms with E-state index in [0.717, 1.165) is 11.6 Å². The number of halogens is 3. The van der Waals surface area contributed by atoms with Gasteiger partial charge in [0.05, 0.1) is 6.61 Å². The first-order valence-electron chi connectivity index (χ1n) is 10.0. The molecule has 4 nitrogen and oxygen atoms in total. The number of rotatable bonds is 8. The summed E-state index contributed by atoms with van der Waals surface area (Å²) >= 11 is 0. The predicted octanol–water partition coefficient (Wildman–Crippen LogP) is 3.81. The van der Waals surface area contributed by atoms with Gasteiger partial charge in [-0.15, -0.1) is 0 Å². The van der Waals surface area contributed by atoms with Crippen molar-refractivity contribution < 1.29 is 22.7 Å². The van der Waals surface area contributed by atoms with Crippen molar-refractivity contribution in [1.29, 1.82) is 0 Å². The second-order valence-electron chi connectivity index (χ2n) is 7.82. The number of nitrogens with zero attached hydrogens (tertiary/aromatic N) is 2. The maximum atomic E-state index is 13.9. The minimum absolute atomic E-state index is 0.0235. The van der Waals surface area contributed by atoms with Crippen LogP contribution in [0.3, 0.4) is 0 Å². The van der Waals surface area contributed by atoms with Gasteiger partial charge in [0.2, 0.25) is 5.91 Å². The summed E-state index contributed by atoms with van der Waals surface area (Å²) in [5, 5.41) is 0. The van der Waals surface area contributed by atoms with Gasteiger partial charge < -0.3 is 9.64 Å². The molecule has 0 spiro atoms. The molecule has 0 aromatic heterocycles. The average Bonchev–Trinajstić information content (AvgIpc) is 3.10. The third kappa shape index (κ3) is 5.61. The number of ether oxygens (including phenoxy) is 1. The maximum absolute atomic E-state index is 13.9. The fraction of sp³-hybridized carbons (Fsp3) is 0.435. The Balaban J connectivity index is 1.79. The van der Waals surface area contributed by atoms with E-state index in [-0.39, 0.29) is 23.6 Å². The van der Waals surface area contributed by atoms with Gasteiger partial charge in [0.25, 0.3) is 0 Å². The number of carbonyl (C=O) groups excluding carboxylic acids is 1. The molecule has 3 rings (SSSR count). The Morgan fingerprint density at radius 1 is 1.13 bits per heavy atom. The number of benzene rings is 2. The van der Waals surface area contributed by atoms with Crippen molar-refractivity contribution in [3.63, 3.8) is 0 Å². The molecule has 0 saturated carbocycles. The smallest absolute Gasteiger partial charge is 0.219 e. The van der Waals surface area contributed by atoms with E-state index in [1.165, 1.54) is 25.1 Å². The fourth-order valence-corrected chi connectivity index (χ4v) is 4.15. The zero-order valence-electron chi connectivity index (χ0n) is 17.3. The molecule has 2 unspecified atom stereocenters. The molecule has 7 heteroatoms. The molecule has 0 bridgehead atoms. The van der Waals surface area contributed by atoms with Gasteiger partial charge >= 0.3 is 0 Å². The second-order valence-corrected chi connectivity index (χ2v) is 7.82. The van der Waals surface area contributed by atoms with Crippen molar-refractivity contribution in [2.45, 2.75) is 19.4 Å². The SMILES string of the molecule is COCCN(CC1CN(Cc2ccc(F)c(F)c2)CC1c1cccc(F)c1)C(C)=O. The van der Waals surface area contributed by atoms with Crippen LogP contribution < -0.4 is 0 Å². The lowest BCUT2D eigenvalue weighted by Crippen LogP contribution is -2.38. The molecule has 1 amide bonds. The van der Waals surface area contributed by atoms with Crippen LogP contribution in [0.15, 0.2) is 42.5 Å². The monoisotopic (exact) mass is 420 g/mol. The summed E-state index contributed by atoms with van der Waals surface area (Å²) in [6.45, 7) is 4.74. The number of methoxy groups -OCH3 is 1. The van der Waals surface area contributed by atoms with Crippen molar-refractivity contribution in [2.24, 2.45) is 5.92 Å². The highest BCUT2D eigenvalue weighted by Crippen LogP contribution is 2.34. The van der Waals surface area contributed by atoms with E-state index >= 15 is 0 Å². The Labute approximate surface area is 175 Å². The molecular weight excluding hydrogens is 393 g/mol. The van der Waals surface area contributed by atoms with Gasteiger partial charge in [-0.1, -0.05) is 18.2 Å². The van der Waals surface area contributed by atoms with Crippen LogP contribution in [0, 0.1) is 23.4 Å². The van der Waals surface area contributed by atoms with Gasteiger partial charge in [-0.05, 0) is 41.3 Å². The highest BCUT2D eigenvalue weighted by molar-refractivity contribution is 5.73. The molecule has 1 saturated heterocycles. The van der Waals surface area contributed by atoms with Crippen LogP contribution in [0.25, 0.3) is 0 Å². The Kier molecular flexibility index (Phi) is 7.50. The van der Waals surface area contributed by atoms with Crippen LogP contribution >= 0.6 is 0 Å². The molecule has 1 fully saturated rings. The quantitative estimate of drug-likeness (QED) is 0.651. The van der Waals surface area contributed by atoms with E-state index in [1.807, 2.05) is 6.07 Å². The number of hydrogen-bond donors (Lipinski definition) is 0. The summed E-state index contributed by atoms with van der Waals surface area (Å²) in [4.78, 5) is 16.0. The summed E-state index contributed by atoms with van der Waals surface area (Å²) in [6.07, 6.45) is 0. The van der Waals surface area contributed by atoms with Gasteiger partial charge in [0, 0.05) is 52.7 Å². The van der Waals surface area contributed by atoms with Crippen molar-refractivity contribution in [1.82, 2.24) is 9.80 Å². The topological polar surface area (TPSA) is 32.8 Å². The van der Waals surface area contributed by atoms with Crippen LogP contribution in [0.2, 0.25) is 0 Å². The Morgan fingerprint density at radius 3 is 2.60 bits per heavy atom. The van der Waals surface area contributed by atoms with Gasteiger partial charge in [0.15, 0.2) is 11.6 Å². The fourth-order valence-electron chi connectivity index (χ4n) is 4.15. The zero-order valence-corrected chi connectivity index (χ0v) is 17.3. The van der Waals surface area contributed by atoms with E-state index < -0.39 is 11.6 Å². The van der Waals surface area contributed by atoms with Crippen molar-refractivity contribution in [2.75, 3.05) is 39.9 Å². The van der Waals surface area contributed by atoms with Crippen molar-refractivity contribution >= 4 is 5.91 Å². The predicted molar refractivity (Wildman–Crippen MR) is 108 cm³/mol. The summed E-state index contributed by atoms with van der Waals surface area (Å²) in [5.74, 6) is -1.97. The van der Waals surface area contributed by atoms with Gasteiger partial charge in [-0.2, -0.15) is 0 Å². The summed E-state index contributed by atoms with van der Waals surface area (Å²) in [7, 11) is 1.59. The molecule has 162 valence electrons. The second kappa shape index (κ2) is 10.1. The van der Waals surface area contributed by atoms with E-state index in [1.54, 1.807) is 24.1 Å². The molecule has 1 aliphatic heterocycles. The first kappa shape index (κ1) is 22.3. The maximum Gasteiger partial charge on any atom is 0.219 e. The van der Waals surface area contributed by atoms with Crippen LogP contribution in [-0.2, 0) is 16.1 Å². The van der Waals surface area contributed by atoms with E-state index in [2.05, 4.69) is 4.90 Å². The molecule has 1 heterocycles. The lowest BCUT2D eigenvalue weighted by Gasteiger charge is -2.27. The molecule has 2 atom stereocenters. The first-order chi connectivity index (χ1) is 14.4. The van der Waals surface area contributed by atoms with Gasteiger partial charge in [-0.25, -0.2) is 13.2 Å². The van der Waals surface area contributed by atoms with Crippen molar-refractivity contribution in [3.8, 4) is 0 Å². The summed E-state index contributed by atoms with van der Waals surface area (Å²) in [5.41, 5.74) is 1.55. The van der Waals surface area contributed by atoms with Gasteiger partial charge in [-0.3, -0.25) is 9.69 Å². The molecular formula is C23H27F3N2O2. The normalized spacial score (nSPS) is 19.2. The number of likely N-dealkylation sites (tertiary alicyclic amines) is 1. The highest BCUT2D eigenvalue weighted by atomic mass is 19.2.